The number of carbonyl (C=O) groups is 1. The molecule has 1 unspecified atom stereocenters. The van der Waals surface area contributed by atoms with Gasteiger partial charge in [-0.2, -0.15) is 0 Å². The highest BCUT2D eigenvalue weighted by Crippen LogP contribution is 2.45. The summed E-state index contributed by atoms with van der Waals surface area (Å²) in [7, 11) is -3.79. The maximum atomic E-state index is 13.1. The first kappa shape index (κ1) is 21.1. The Bertz CT molecular complexity index is 1010. The highest BCUT2D eigenvalue weighted by Gasteiger charge is 2.51. The minimum atomic E-state index is -3.79. The molecule has 0 radical (unpaired) electrons. The molecule has 2 heterocycles. The molecule has 2 fully saturated rings. The molecule has 1 amide bonds. The number of fused-ring (bicyclic) bond motifs is 2. The number of hydrogen-bond donors (Lipinski definition) is 2. The molecular weight excluding hydrogens is 430 g/mol. The molecule has 160 valence electrons. The summed E-state index contributed by atoms with van der Waals surface area (Å²) in [4.78, 5) is 12.6. The van der Waals surface area contributed by atoms with Crippen LogP contribution in [-0.4, -0.2) is 37.5 Å². The monoisotopic (exact) mass is 451 g/mol. The van der Waals surface area contributed by atoms with Crippen molar-refractivity contribution in [2.45, 2.75) is 42.8 Å². The molecule has 0 saturated carbocycles. The van der Waals surface area contributed by atoms with E-state index in [1.54, 1.807) is 41.9 Å². The number of hydrogen-bond acceptors (Lipinski definition) is 6. The molecule has 2 bridgehead atoms. The van der Waals surface area contributed by atoms with E-state index in [2.05, 4.69) is 0 Å². The third-order valence-corrected chi connectivity index (χ3v) is 7.89. The molecule has 2 saturated heterocycles. The SMILES string of the molecule is O=C(NO)C1(CS(=O)(=O)c2ccc(Oc3ccc(Cl)cc3)cc2)C[C@H]2CC[C@@H](C1)O2. The number of amides is 1. The van der Waals surface area contributed by atoms with Gasteiger partial charge in [0, 0.05) is 5.02 Å². The summed E-state index contributed by atoms with van der Waals surface area (Å²) in [6.07, 6.45) is 1.81. The summed E-state index contributed by atoms with van der Waals surface area (Å²) in [6, 6.07) is 12.9. The second-order valence-corrected chi connectivity index (χ2v) is 10.3. The van der Waals surface area contributed by atoms with Gasteiger partial charge in [0.15, 0.2) is 9.84 Å². The molecule has 7 nitrogen and oxygen atoms in total. The van der Waals surface area contributed by atoms with Gasteiger partial charge in [-0.25, -0.2) is 13.9 Å². The quantitative estimate of drug-likeness (QED) is 0.512. The maximum Gasteiger partial charge on any atom is 0.250 e. The van der Waals surface area contributed by atoms with E-state index in [0.717, 1.165) is 12.8 Å². The van der Waals surface area contributed by atoms with Crippen molar-refractivity contribution in [2.24, 2.45) is 5.41 Å². The molecule has 2 N–H and O–H groups in total. The number of carbonyl (C=O) groups excluding carboxylic acids is 1. The van der Waals surface area contributed by atoms with Gasteiger partial charge in [-0.15, -0.1) is 0 Å². The van der Waals surface area contributed by atoms with Gasteiger partial charge in [0.25, 0.3) is 5.91 Å². The first-order valence-corrected chi connectivity index (χ1v) is 11.7. The van der Waals surface area contributed by atoms with E-state index in [-0.39, 0.29) is 35.7 Å². The number of rotatable bonds is 6. The molecule has 0 aromatic heterocycles. The van der Waals surface area contributed by atoms with Crippen LogP contribution < -0.4 is 10.2 Å². The van der Waals surface area contributed by atoms with E-state index in [1.165, 1.54) is 12.1 Å². The Balaban J connectivity index is 1.53. The Morgan fingerprint density at radius 3 is 2.13 bits per heavy atom. The topological polar surface area (TPSA) is 102 Å². The first-order chi connectivity index (χ1) is 14.3. The van der Waals surface area contributed by atoms with Gasteiger partial charge in [-0.05, 0) is 74.2 Å². The maximum absolute atomic E-state index is 13.1. The summed E-state index contributed by atoms with van der Waals surface area (Å²) in [6.45, 7) is 0. The van der Waals surface area contributed by atoms with Gasteiger partial charge in [0.05, 0.1) is 28.3 Å². The summed E-state index contributed by atoms with van der Waals surface area (Å²) in [5.74, 6) is -0.0106. The normalized spacial score (nSPS) is 25.7. The van der Waals surface area contributed by atoms with Crippen LogP contribution in [0.25, 0.3) is 0 Å². The van der Waals surface area contributed by atoms with Gasteiger partial charge in [-0.1, -0.05) is 11.6 Å². The fourth-order valence-corrected chi connectivity index (χ4v) is 6.26. The standard InChI is InChI=1S/C21H22ClNO6S/c22-14-1-3-15(4-2-14)28-16-7-9-19(10-8-16)30(26,27)13-21(20(24)23-25)11-17-5-6-18(12-21)29-17/h1-4,7-10,17-18,25H,5-6,11-13H2,(H,23,24)/t17-,18+,21?. The highest BCUT2D eigenvalue weighted by molar-refractivity contribution is 7.91. The van der Waals surface area contributed by atoms with E-state index in [4.69, 9.17) is 21.1 Å². The molecule has 2 aliphatic heterocycles. The van der Waals surface area contributed by atoms with Crippen LogP contribution in [0.1, 0.15) is 25.7 Å². The Hall–Kier alpha value is -2.13. The highest BCUT2D eigenvalue weighted by atomic mass is 35.5. The van der Waals surface area contributed by atoms with Crippen LogP contribution in [0.2, 0.25) is 5.02 Å². The van der Waals surface area contributed by atoms with Crippen molar-refractivity contribution in [3.63, 3.8) is 0 Å². The lowest BCUT2D eigenvalue weighted by atomic mass is 9.78. The fourth-order valence-electron chi connectivity index (χ4n) is 4.32. The molecular formula is C21H22ClNO6S. The van der Waals surface area contributed by atoms with Crippen molar-refractivity contribution < 1.29 is 27.9 Å². The van der Waals surface area contributed by atoms with Crippen LogP contribution in [0.3, 0.4) is 0 Å². The number of sulfone groups is 1. The third-order valence-electron chi connectivity index (χ3n) is 5.71. The Morgan fingerprint density at radius 2 is 1.60 bits per heavy atom. The van der Waals surface area contributed by atoms with Gasteiger partial charge >= 0.3 is 0 Å². The molecule has 4 rings (SSSR count). The van der Waals surface area contributed by atoms with E-state index >= 15 is 0 Å². The lowest BCUT2D eigenvalue weighted by Crippen LogP contribution is -2.50. The Kier molecular flexibility index (Phi) is 5.76. The third kappa shape index (κ3) is 4.32. The van der Waals surface area contributed by atoms with E-state index < -0.39 is 21.2 Å². The molecule has 2 aromatic rings. The lowest BCUT2D eigenvalue weighted by Gasteiger charge is -2.38. The number of halogens is 1. The average molecular weight is 452 g/mol. The molecule has 3 atom stereocenters. The minimum absolute atomic E-state index is 0.0925. The van der Waals surface area contributed by atoms with Crippen molar-refractivity contribution in [1.29, 1.82) is 0 Å². The van der Waals surface area contributed by atoms with Gasteiger partial charge in [0.2, 0.25) is 0 Å². The van der Waals surface area contributed by atoms with Crippen LogP contribution in [0, 0.1) is 5.41 Å². The zero-order valence-corrected chi connectivity index (χ0v) is 17.7. The van der Waals surface area contributed by atoms with Crippen molar-refractivity contribution in [3.05, 3.63) is 53.6 Å². The van der Waals surface area contributed by atoms with Crippen LogP contribution in [0.15, 0.2) is 53.4 Å². The van der Waals surface area contributed by atoms with Gasteiger partial charge < -0.3 is 9.47 Å². The minimum Gasteiger partial charge on any atom is -0.457 e. The van der Waals surface area contributed by atoms with Gasteiger partial charge in [-0.3, -0.25) is 10.0 Å². The summed E-state index contributed by atoms with van der Waals surface area (Å²) < 4.78 is 37.7. The Morgan fingerprint density at radius 1 is 1.07 bits per heavy atom. The fraction of sp³-hybridized carbons (Fsp3) is 0.381. The second-order valence-electron chi connectivity index (χ2n) is 7.87. The molecule has 9 heteroatoms. The zero-order valence-electron chi connectivity index (χ0n) is 16.1. The Labute approximate surface area is 179 Å². The number of benzene rings is 2. The molecule has 2 aliphatic rings. The molecule has 0 aliphatic carbocycles. The predicted octanol–water partition coefficient (Wildman–Crippen LogP) is 3.74. The van der Waals surface area contributed by atoms with Crippen LogP contribution in [0.5, 0.6) is 11.5 Å². The largest absolute Gasteiger partial charge is 0.457 e. The summed E-state index contributed by atoms with van der Waals surface area (Å²) in [5, 5.41) is 9.84. The zero-order chi connectivity index (χ0) is 21.4. The van der Waals surface area contributed by atoms with Crippen molar-refractivity contribution in [2.75, 3.05) is 5.75 Å². The second kappa shape index (κ2) is 8.19. The van der Waals surface area contributed by atoms with E-state index in [1.807, 2.05) is 0 Å². The number of ether oxygens (including phenoxy) is 2. The molecule has 0 spiro atoms. The van der Waals surface area contributed by atoms with Crippen LogP contribution >= 0.6 is 11.6 Å². The van der Waals surface area contributed by atoms with Crippen molar-refractivity contribution in [3.8, 4) is 11.5 Å². The van der Waals surface area contributed by atoms with Gasteiger partial charge in [0.1, 0.15) is 11.5 Å². The summed E-state index contributed by atoms with van der Waals surface area (Å²) >= 11 is 5.86. The first-order valence-electron chi connectivity index (χ1n) is 9.66. The van der Waals surface area contributed by atoms with Crippen LogP contribution in [0.4, 0.5) is 0 Å². The van der Waals surface area contributed by atoms with E-state index in [9.17, 15) is 18.4 Å². The number of nitrogens with one attached hydrogen (secondary N) is 1. The van der Waals surface area contributed by atoms with Crippen molar-refractivity contribution in [1.82, 2.24) is 5.48 Å². The van der Waals surface area contributed by atoms with E-state index in [0.29, 0.717) is 16.5 Å². The smallest absolute Gasteiger partial charge is 0.250 e. The molecule has 30 heavy (non-hydrogen) atoms. The summed E-state index contributed by atoms with van der Waals surface area (Å²) in [5.41, 5.74) is 0.458. The number of hydroxylamine groups is 1. The predicted molar refractivity (Wildman–Crippen MR) is 110 cm³/mol. The van der Waals surface area contributed by atoms with Crippen molar-refractivity contribution >= 4 is 27.3 Å². The lowest BCUT2D eigenvalue weighted by molar-refractivity contribution is -0.148. The molecule has 2 aromatic carbocycles. The average Bonchev–Trinajstić information content (AvgIpc) is 3.07. The van der Waals surface area contributed by atoms with Crippen LogP contribution in [-0.2, 0) is 19.4 Å².